The average molecular weight is 450 g/mol. The van der Waals surface area contributed by atoms with Gasteiger partial charge >= 0.3 is 5.69 Å². The summed E-state index contributed by atoms with van der Waals surface area (Å²) in [6, 6.07) is 8.48. The molecule has 2 aromatic carbocycles. The molecular formula is C24H26N4O5. The summed E-state index contributed by atoms with van der Waals surface area (Å²) in [5, 5.41) is 16.6. The van der Waals surface area contributed by atoms with Crippen molar-refractivity contribution in [3.05, 3.63) is 62.8 Å². The summed E-state index contributed by atoms with van der Waals surface area (Å²) >= 11 is 0. The Morgan fingerprint density at radius 1 is 1.18 bits per heavy atom. The second-order valence-corrected chi connectivity index (χ2v) is 7.74. The largest absolute Gasteiger partial charge is 0.490 e. The minimum Gasteiger partial charge on any atom is -0.490 e. The second-order valence-electron chi connectivity index (χ2n) is 7.74. The predicted octanol–water partition coefficient (Wildman–Crippen LogP) is 4.52. The molecule has 9 nitrogen and oxygen atoms in total. The van der Waals surface area contributed by atoms with E-state index < -0.39 is 4.92 Å². The molecule has 0 saturated heterocycles. The number of carbonyl (C=O) groups excluding carboxylic acids is 1. The quantitative estimate of drug-likeness (QED) is 0.297. The number of nitrogens with one attached hydrogen (secondary N) is 2. The fraction of sp³-hybridized carbons (Fsp3) is 0.333. The molecule has 172 valence electrons. The van der Waals surface area contributed by atoms with Gasteiger partial charge in [-0.15, -0.1) is 0 Å². The molecule has 0 unspecified atom stereocenters. The Morgan fingerprint density at radius 2 is 1.97 bits per heavy atom. The number of nitro benzene ring substituents is 1. The number of aryl methyl sites for hydroxylation is 2. The van der Waals surface area contributed by atoms with Gasteiger partial charge in [-0.25, -0.2) is 5.43 Å². The van der Waals surface area contributed by atoms with Crippen LogP contribution in [0, 0.1) is 10.1 Å². The minimum absolute atomic E-state index is 0.0775. The molecule has 0 spiro atoms. The van der Waals surface area contributed by atoms with Crippen LogP contribution >= 0.6 is 0 Å². The van der Waals surface area contributed by atoms with Gasteiger partial charge in [0.2, 0.25) is 5.75 Å². The molecule has 4 rings (SSSR count). The van der Waals surface area contributed by atoms with E-state index in [-0.39, 0.29) is 29.7 Å². The monoisotopic (exact) mass is 450 g/mol. The summed E-state index contributed by atoms with van der Waals surface area (Å²) in [6.45, 7) is 4.10. The molecule has 1 aromatic heterocycles. The summed E-state index contributed by atoms with van der Waals surface area (Å²) in [5.41, 5.74) is 6.77. The second kappa shape index (κ2) is 9.72. The summed E-state index contributed by atoms with van der Waals surface area (Å²) in [5.74, 6) is -0.0259. The number of aromatic amines is 1. The zero-order chi connectivity index (χ0) is 23.4. The van der Waals surface area contributed by atoms with Crippen molar-refractivity contribution in [3.8, 4) is 11.5 Å². The first-order valence-corrected chi connectivity index (χ1v) is 11.1. The maximum absolute atomic E-state index is 12.7. The van der Waals surface area contributed by atoms with Crippen molar-refractivity contribution in [2.24, 2.45) is 5.10 Å². The van der Waals surface area contributed by atoms with Gasteiger partial charge in [-0.3, -0.25) is 14.9 Å². The number of nitrogens with zero attached hydrogens (tertiary/aromatic N) is 2. The topological polar surface area (TPSA) is 119 Å². The standard InChI is InChI=1S/C24H26N4O5/c1-3-32-22-12-15(11-21(28(30)31)23(22)33-4-2)14-25-27-24(29)16-9-10-20-18(13-16)17-7-5-6-8-19(17)26-20/h9-14,26H,3-8H2,1-2H3,(H,27,29)/b25-14-. The molecule has 33 heavy (non-hydrogen) atoms. The summed E-state index contributed by atoms with van der Waals surface area (Å²) in [7, 11) is 0. The van der Waals surface area contributed by atoms with Crippen LogP contribution in [0.15, 0.2) is 35.4 Å². The van der Waals surface area contributed by atoms with Gasteiger partial charge in [0, 0.05) is 33.8 Å². The fourth-order valence-electron chi connectivity index (χ4n) is 4.15. The molecular weight excluding hydrogens is 424 g/mol. The highest BCUT2D eigenvalue weighted by Gasteiger charge is 2.22. The summed E-state index contributed by atoms with van der Waals surface area (Å²) in [6.07, 6.45) is 5.72. The van der Waals surface area contributed by atoms with Crippen molar-refractivity contribution < 1.29 is 19.2 Å². The Balaban J connectivity index is 1.55. The van der Waals surface area contributed by atoms with E-state index in [4.69, 9.17) is 9.47 Å². The molecule has 0 fully saturated rings. The Kier molecular flexibility index (Phi) is 6.58. The minimum atomic E-state index is -0.532. The highest BCUT2D eigenvalue weighted by atomic mass is 16.6. The third-order valence-corrected chi connectivity index (χ3v) is 5.58. The Labute approximate surface area is 190 Å². The van der Waals surface area contributed by atoms with Gasteiger partial charge in [0.1, 0.15) is 0 Å². The van der Waals surface area contributed by atoms with E-state index in [0.29, 0.717) is 17.7 Å². The lowest BCUT2D eigenvalue weighted by Gasteiger charge is -2.11. The number of fused-ring (bicyclic) bond motifs is 3. The van der Waals surface area contributed by atoms with Crippen molar-refractivity contribution in [1.82, 2.24) is 10.4 Å². The molecule has 0 saturated carbocycles. The maximum atomic E-state index is 12.7. The number of amides is 1. The van der Waals surface area contributed by atoms with Gasteiger partial charge in [-0.2, -0.15) is 5.10 Å². The lowest BCUT2D eigenvalue weighted by atomic mass is 9.95. The molecule has 1 heterocycles. The molecule has 0 radical (unpaired) electrons. The maximum Gasteiger partial charge on any atom is 0.315 e. The van der Waals surface area contributed by atoms with E-state index in [2.05, 4.69) is 15.5 Å². The lowest BCUT2D eigenvalue weighted by molar-refractivity contribution is -0.385. The van der Waals surface area contributed by atoms with E-state index >= 15 is 0 Å². The normalized spacial score (nSPS) is 13.2. The number of aromatic nitrogens is 1. The predicted molar refractivity (Wildman–Crippen MR) is 125 cm³/mol. The third-order valence-electron chi connectivity index (χ3n) is 5.58. The molecule has 0 bridgehead atoms. The van der Waals surface area contributed by atoms with E-state index in [1.54, 1.807) is 26.0 Å². The number of ether oxygens (including phenoxy) is 2. The number of nitro groups is 1. The molecule has 1 aliphatic carbocycles. The van der Waals surface area contributed by atoms with Crippen molar-refractivity contribution >= 4 is 28.7 Å². The molecule has 0 atom stereocenters. The lowest BCUT2D eigenvalue weighted by Crippen LogP contribution is -2.17. The van der Waals surface area contributed by atoms with Crippen LogP contribution in [0.3, 0.4) is 0 Å². The first kappa shape index (κ1) is 22.3. The van der Waals surface area contributed by atoms with Gasteiger partial charge in [0.05, 0.1) is 24.4 Å². The summed E-state index contributed by atoms with van der Waals surface area (Å²) in [4.78, 5) is 27.1. The van der Waals surface area contributed by atoms with E-state index in [9.17, 15) is 14.9 Å². The van der Waals surface area contributed by atoms with Crippen molar-refractivity contribution in [2.45, 2.75) is 39.5 Å². The fourth-order valence-corrected chi connectivity index (χ4v) is 4.15. The number of H-pyrrole nitrogens is 1. The molecule has 9 heteroatoms. The van der Waals surface area contributed by atoms with Crippen molar-refractivity contribution in [2.75, 3.05) is 13.2 Å². The van der Waals surface area contributed by atoms with Crippen molar-refractivity contribution in [3.63, 3.8) is 0 Å². The van der Waals surface area contributed by atoms with Crippen LogP contribution in [0.2, 0.25) is 0 Å². The molecule has 1 aliphatic rings. The van der Waals surface area contributed by atoms with Crippen LogP contribution in [0.5, 0.6) is 11.5 Å². The van der Waals surface area contributed by atoms with Gasteiger partial charge in [0.15, 0.2) is 5.75 Å². The molecule has 0 aliphatic heterocycles. The molecule has 3 aromatic rings. The van der Waals surface area contributed by atoms with Crippen LogP contribution in [0.25, 0.3) is 10.9 Å². The van der Waals surface area contributed by atoms with Gasteiger partial charge in [-0.05, 0) is 69.4 Å². The van der Waals surface area contributed by atoms with E-state index in [1.807, 2.05) is 12.1 Å². The zero-order valence-electron chi connectivity index (χ0n) is 18.6. The van der Waals surface area contributed by atoms with E-state index in [0.717, 1.165) is 30.2 Å². The number of hydrogen-bond acceptors (Lipinski definition) is 6. The number of benzene rings is 2. The van der Waals surface area contributed by atoms with Crippen LogP contribution < -0.4 is 14.9 Å². The number of hydrogen-bond donors (Lipinski definition) is 2. The van der Waals surface area contributed by atoms with Crippen LogP contribution in [0.4, 0.5) is 5.69 Å². The first-order valence-electron chi connectivity index (χ1n) is 11.1. The Hall–Kier alpha value is -3.88. The molecule has 2 N–H and O–H groups in total. The Bertz CT molecular complexity index is 1230. The number of hydrazone groups is 1. The van der Waals surface area contributed by atoms with Crippen LogP contribution in [-0.4, -0.2) is 35.2 Å². The first-order chi connectivity index (χ1) is 16.0. The number of rotatable bonds is 8. The van der Waals surface area contributed by atoms with Gasteiger partial charge in [-0.1, -0.05) is 0 Å². The highest BCUT2D eigenvalue weighted by Crippen LogP contribution is 2.38. The van der Waals surface area contributed by atoms with Gasteiger partial charge < -0.3 is 14.5 Å². The Morgan fingerprint density at radius 3 is 2.73 bits per heavy atom. The number of carbonyl (C=O) groups is 1. The molecule has 1 amide bonds. The van der Waals surface area contributed by atoms with Gasteiger partial charge in [0.25, 0.3) is 5.91 Å². The summed E-state index contributed by atoms with van der Waals surface area (Å²) < 4.78 is 10.9. The smallest absolute Gasteiger partial charge is 0.315 e. The van der Waals surface area contributed by atoms with Crippen LogP contribution in [0.1, 0.15) is 53.9 Å². The van der Waals surface area contributed by atoms with E-state index in [1.165, 1.54) is 30.0 Å². The third kappa shape index (κ3) is 4.67. The SMILES string of the molecule is CCOc1cc(/C=N\NC(=O)c2ccc3[nH]c4c(c3c2)CCCC4)cc([N+](=O)[O-])c1OCC. The zero-order valence-corrected chi connectivity index (χ0v) is 18.6. The average Bonchev–Trinajstić information content (AvgIpc) is 3.18. The van der Waals surface area contributed by atoms with Crippen LogP contribution in [-0.2, 0) is 12.8 Å². The van der Waals surface area contributed by atoms with Crippen molar-refractivity contribution in [1.29, 1.82) is 0 Å². The highest BCUT2D eigenvalue weighted by molar-refractivity contribution is 5.99.